The van der Waals surface area contributed by atoms with Crippen molar-refractivity contribution in [3.05, 3.63) is 52.3 Å². The Kier molecular flexibility index (Phi) is 6.42. The highest BCUT2D eigenvalue weighted by molar-refractivity contribution is 9.10. The molecule has 1 aromatic carbocycles. The Labute approximate surface area is 157 Å². The number of halogens is 1. The number of carbonyl (C=O) groups is 2. The van der Waals surface area contributed by atoms with E-state index in [0.717, 1.165) is 4.47 Å². The maximum Gasteiger partial charge on any atom is 0.272 e. The van der Waals surface area contributed by atoms with Crippen molar-refractivity contribution in [1.82, 2.24) is 9.47 Å². The second-order valence-corrected chi connectivity index (χ2v) is 6.97. The van der Waals surface area contributed by atoms with Crippen LogP contribution in [-0.4, -0.2) is 34.4 Å². The molecule has 1 heterocycles. The zero-order valence-electron chi connectivity index (χ0n) is 15.0. The zero-order valence-corrected chi connectivity index (χ0v) is 16.6. The second kappa shape index (κ2) is 8.34. The van der Waals surface area contributed by atoms with Gasteiger partial charge in [0, 0.05) is 41.1 Å². The van der Waals surface area contributed by atoms with Crippen LogP contribution in [-0.2, 0) is 0 Å². The number of hydrogen-bond donors (Lipinski definition) is 1. The monoisotopic (exact) mass is 405 g/mol. The molecule has 2 amide bonds. The average Bonchev–Trinajstić information content (AvgIpc) is 2.99. The van der Waals surface area contributed by atoms with Crippen LogP contribution in [0, 0.1) is 0 Å². The van der Waals surface area contributed by atoms with E-state index in [0.29, 0.717) is 30.0 Å². The van der Waals surface area contributed by atoms with E-state index in [9.17, 15) is 9.59 Å². The van der Waals surface area contributed by atoms with Crippen molar-refractivity contribution in [2.24, 2.45) is 0 Å². The van der Waals surface area contributed by atoms with Crippen LogP contribution in [0.4, 0.5) is 5.69 Å². The van der Waals surface area contributed by atoms with Crippen LogP contribution >= 0.6 is 15.9 Å². The molecule has 0 bridgehead atoms. The molecule has 0 unspecified atom stereocenters. The van der Waals surface area contributed by atoms with Gasteiger partial charge in [-0.3, -0.25) is 9.59 Å². The summed E-state index contributed by atoms with van der Waals surface area (Å²) >= 11 is 3.41. The summed E-state index contributed by atoms with van der Waals surface area (Å²) in [7, 11) is 0. The molecule has 6 heteroatoms. The molecule has 25 heavy (non-hydrogen) atoms. The summed E-state index contributed by atoms with van der Waals surface area (Å²) in [5, 5.41) is 2.88. The van der Waals surface area contributed by atoms with Gasteiger partial charge in [0.1, 0.15) is 5.69 Å². The Morgan fingerprint density at radius 1 is 1.16 bits per heavy atom. The van der Waals surface area contributed by atoms with Gasteiger partial charge >= 0.3 is 0 Å². The first-order valence-corrected chi connectivity index (χ1v) is 9.24. The lowest BCUT2D eigenvalue weighted by atomic mass is 10.1. The Hall–Kier alpha value is -2.08. The summed E-state index contributed by atoms with van der Waals surface area (Å²) in [4.78, 5) is 26.6. The fraction of sp³-hybridized carbons (Fsp3) is 0.368. The molecule has 0 atom stereocenters. The summed E-state index contributed by atoms with van der Waals surface area (Å²) in [5.41, 5.74) is 1.87. The van der Waals surface area contributed by atoms with Crippen molar-refractivity contribution < 1.29 is 9.59 Å². The minimum atomic E-state index is -0.179. The van der Waals surface area contributed by atoms with E-state index < -0.39 is 0 Å². The number of aromatic nitrogens is 1. The second-order valence-electron chi connectivity index (χ2n) is 6.05. The van der Waals surface area contributed by atoms with Crippen molar-refractivity contribution >= 4 is 33.4 Å². The minimum absolute atomic E-state index is 0.000455. The number of amides is 2. The van der Waals surface area contributed by atoms with Crippen molar-refractivity contribution in [2.75, 3.05) is 18.4 Å². The summed E-state index contributed by atoms with van der Waals surface area (Å²) in [6, 6.07) is 8.98. The molecular formula is C19H24BrN3O2. The van der Waals surface area contributed by atoms with Crippen LogP contribution in [0.25, 0.3) is 0 Å². The first-order valence-electron chi connectivity index (χ1n) is 8.45. The predicted molar refractivity (Wildman–Crippen MR) is 104 cm³/mol. The Bertz CT molecular complexity index is 747. The van der Waals surface area contributed by atoms with Gasteiger partial charge in [-0.15, -0.1) is 0 Å². The maximum absolute atomic E-state index is 12.5. The van der Waals surface area contributed by atoms with Crippen LogP contribution in [0.3, 0.4) is 0 Å². The van der Waals surface area contributed by atoms with E-state index in [4.69, 9.17) is 0 Å². The van der Waals surface area contributed by atoms with E-state index in [1.54, 1.807) is 35.2 Å². The molecule has 1 aromatic heterocycles. The van der Waals surface area contributed by atoms with Crippen LogP contribution in [0.2, 0.25) is 0 Å². The van der Waals surface area contributed by atoms with E-state index in [1.165, 1.54) is 0 Å². The molecular weight excluding hydrogens is 382 g/mol. The highest BCUT2D eigenvalue weighted by atomic mass is 79.9. The van der Waals surface area contributed by atoms with Crippen molar-refractivity contribution in [2.45, 2.75) is 33.7 Å². The van der Waals surface area contributed by atoms with Crippen molar-refractivity contribution in [3.8, 4) is 0 Å². The summed E-state index contributed by atoms with van der Waals surface area (Å²) < 4.78 is 2.78. The minimum Gasteiger partial charge on any atom is -0.340 e. The molecule has 0 radical (unpaired) electrons. The first kappa shape index (κ1) is 19.2. The quantitative estimate of drug-likeness (QED) is 0.765. The van der Waals surface area contributed by atoms with Crippen molar-refractivity contribution in [1.29, 1.82) is 0 Å². The van der Waals surface area contributed by atoms with Gasteiger partial charge in [0.15, 0.2) is 0 Å². The standard InChI is InChI=1S/C19H24BrN3O2/c1-5-22(6-2)19(25)14-7-9-16(10-8-14)21-18(24)17-11-15(20)12-23(17)13(3)4/h7-13H,5-6H2,1-4H3,(H,21,24). The highest BCUT2D eigenvalue weighted by Gasteiger charge is 2.16. The molecule has 2 rings (SSSR count). The third-order valence-corrected chi connectivity index (χ3v) is 4.48. The molecule has 0 saturated heterocycles. The van der Waals surface area contributed by atoms with E-state index in [-0.39, 0.29) is 17.9 Å². The fourth-order valence-electron chi connectivity index (χ4n) is 2.64. The van der Waals surface area contributed by atoms with Gasteiger partial charge in [0.05, 0.1) is 0 Å². The topological polar surface area (TPSA) is 54.3 Å². The number of nitrogens with one attached hydrogen (secondary N) is 1. The lowest BCUT2D eigenvalue weighted by Crippen LogP contribution is -2.30. The van der Waals surface area contributed by atoms with Crippen LogP contribution in [0.15, 0.2) is 41.0 Å². The third kappa shape index (κ3) is 4.51. The molecule has 0 aliphatic carbocycles. The lowest BCUT2D eigenvalue weighted by molar-refractivity contribution is 0.0773. The average molecular weight is 406 g/mol. The normalized spacial score (nSPS) is 10.8. The molecule has 2 aromatic rings. The molecule has 1 N–H and O–H groups in total. The van der Waals surface area contributed by atoms with Crippen molar-refractivity contribution in [3.63, 3.8) is 0 Å². The Balaban J connectivity index is 2.14. The van der Waals surface area contributed by atoms with Gasteiger partial charge in [0.2, 0.25) is 0 Å². The van der Waals surface area contributed by atoms with Gasteiger partial charge < -0.3 is 14.8 Å². The Morgan fingerprint density at radius 2 is 1.76 bits per heavy atom. The van der Waals surface area contributed by atoms with Gasteiger partial charge in [0.25, 0.3) is 11.8 Å². The molecule has 0 spiro atoms. The molecule has 0 aliphatic heterocycles. The zero-order chi connectivity index (χ0) is 18.6. The highest BCUT2D eigenvalue weighted by Crippen LogP contribution is 2.21. The largest absolute Gasteiger partial charge is 0.340 e. The smallest absolute Gasteiger partial charge is 0.272 e. The van der Waals surface area contributed by atoms with Crippen LogP contribution < -0.4 is 5.32 Å². The van der Waals surface area contributed by atoms with Crippen LogP contribution in [0.1, 0.15) is 54.6 Å². The number of nitrogens with zero attached hydrogens (tertiary/aromatic N) is 2. The Morgan fingerprint density at radius 3 is 2.28 bits per heavy atom. The molecule has 5 nitrogen and oxygen atoms in total. The molecule has 0 fully saturated rings. The van der Waals surface area contributed by atoms with Gasteiger partial charge in [-0.05, 0) is 74.0 Å². The van der Waals surface area contributed by atoms with Gasteiger partial charge in [-0.2, -0.15) is 0 Å². The van der Waals surface area contributed by atoms with Gasteiger partial charge in [-0.1, -0.05) is 0 Å². The summed E-state index contributed by atoms with van der Waals surface area (Å²) in [5.74, 6) is -0.178. The third-order valence-electron chi connectivity index (χ3n) is 4.04. The fourth-order valence-corrected chi connectivity index (χ4v) is 3.08. The summed E-state index contributed by atoms with van der Waals surface area (Å²) in [6.45, 7) is 9.31. The predicted octanol–water partition coefficient (Wildman–Crippen LogP) is 4.57. The number of anilines is 1. The van der Waals surface area contributed by atoms with Gasteiger partial charge in [-0.25, -0.2) is 0 Å². The lowest BCUT2D eigenvalue weighted by Gasteiger charge is -2.18. The van der Waals surface area contributed by atoms with Crippen LogP contribution in [0.5, 0.6) is 0 Å². The molecule has 0 saturated carbocycles. The maximum atomic E-state index is 12.5. The molecule has 134 valence electrons. The summed E-state index contributed by atoms with van der Waals surface area (Å²) in [6.07, 6.45) is 1.89. The molecule has 0 aliphatic rings. The SMILES string of the molecule is CCN(CC)C(=O)c1ccc(NC(=O)c2cc(Br)cn2C(C)C)cc1. The number of rotatable bonds is 6. The van der Waals surface area contributed by atoms with E-state index >= 15 is 0 Å². The van der Waals surface area contributed by atoms with E-state index in [1.807, 2.05) is 38.5 Å². The van der Waals surface area contributed by atoms with E-state index in [2.05, 4.69) is 21.2 Å². The first-order chi connectivity index (χ1) is 11.9. The number of benzene rings is 1. The number of carbonyl (C=O) groups excluding carboxylic acids is 2. The number of hydrogen-bond acceptors (Lipinski definition) is 2.